The lowest BCUT2D eigenvalue weighted by Crippen LogP contribution is -2.23. The number of benzene rings is 2. The summed E-state index contributed by atoms with van der Waals surface area (Å²) in [6.45, 7) is 6.38. The van der Waals surface area contributed by atoms with Gasteiger partial charge in [0.1, 0.15) is 5.82 Å². The molecule has 1 aromatic heterocycles. The van der Waals surface area contributed by atoms with Crippen LogP contribution in [0.1, 0.15) is 38.1 Å². The first-order valence-electron chi connectivity index (χ1n) is 9.12. The Labute approximate surface area is 185 Å². The van der Waals surface area contributed by atoms with Crippen molar-refractivity contribution in [2.45, 2.75) is 26.7 Å². The summed E-state index contributed by atoms with van der Waals surface area (Å²) in [5.74, 6) is 1.84. The highest BCUT2D eigenvalue weighted by Gasteiger charge is 2.14. The van der Waals surface area contributed by atoms with Crippen molar-refractivity contribution in [2.24, 2.45) is 5.10 Å². The maximum Gasteiger partial charge on any atom is 0.282 e. The second kappa shape index (κ2) is 9.09. The zero-order valence-corrected chi connectivity index (χ0v) is 19.7. The minimum absolute atomic E-state index is 0.0196. The molecule has 0 amide bonds. The summed E-state index contributed by atoms with van der Waals surface area (Å²) in [6, 6.07) is 9.10. The molecule has 0 saturated carbocycles. The number of aromatic nitrogens is 2. The predicted octanol–water partition coefficient (Wildman–Crippen LogP) is 5.33. The van der Waals surface area contributed by atoms with E-state index < -0.39 is 0 Å². The lowest BCUT2D eigenvalue weighted by Gasteiger charge is -2.13. The van der Waals surface area contributed by atoms with Crippen molar-refractivity contribution >= 4 is 49.0 Å². The van der Waals surface area contributed by atoms with Gasteiger partial charge in [0.05, 0.1) is 30.8 Å². The van der Waals surface area contributed by atoms with Crippen LogP contribution in [0.4, 0.5) is 0 Å². The molecule has 2 aromatic carbocycles. The molecular weight excluding hydrogens is 502 g/mol. The molecule has 8 heteroatoms. The Hall–Kier alpha value is -2.19. The minimum atomic E-state index is -0.217. The molecule has 3 rings (SSSR count). The van der Waals surface area contributed by atoms with Gasteiger partial charge in [0, 0.05) is 20.4 Å². The number of nitrogens with zero attached hydrogens (tertiary/aromatic N) is 3. The van der Waals surface area contributed by atoms with Gasteiger partial charge in [-0.3, -0.25) is 4.79 Å². The Bertz CT molecular complexity index is 1140. The Morgan fingerprint density at radius 3 is 2.62 bits per heavy atom. The van der Waals surface area contributed by atoms with Crippen molar-refractivity contribution in [3.8, 4) is 11.5 Å². The van der Waals surface area contributed by atoms with E-state index in [1.165, 1.54) is 4.68 Å². The van der Waals surface area contributed by atoms with Crippen molar-refractivity contribution in [3.05, 3.63) is 61.0 Å². The van der Waals surface area contributed by atoms with Crippen LogP contribution in [0.2, 0.25) is 0 Å². The van der Waals surface area contributed by atoms with E-state index in [-0.39, 0.29) is 11.5 Å². The van der Waals surface area contributed by atoms with Crippen LogP contribution in [0.15, 0.2) is 49.2 Å². The van der Waals surface area contributed by atoms with Crippen LogP contribution in [0.5, 0.6) is 11.5 Å². The molecule has 152 valence electrons. The first kappa shape index (κ1) is 21.5. The summed E-state index contributed by atoms with van der Waals surface area (Å²) < 4.78 is 13.9. The standard InChI is InChI=1S/C21H21Br2N3O3/c1-5-29-19-8-13(16(23)10-18(19)28-4)11-24-26-20(12(2)3)25-17-7-6-14(22)9-15(17)21(26)27/h6-12H,5H2,1-4H3. The number of methoxy groups -OCH3 is 1. The molecule has 0 unspecified atom stereocenters. The van der Waals surface area contributed by atoms with Crippen LogP contribution in [0.3, 0.4) is 0 Å². The van der Waals surface area contributed by atoms with Crippen molar-refractivity contribution in [3.63, 3.8) is 0 Å². The molecule has 0 aliphatic heterocycles. The largest absolute Gasteiger partial charge is 0.493 e. The average molecular weight is 523 g/mol. The monoisotopic (exact) mass is 521 g/mol. The van der Waals surface area contributed by atoms with Crippen LogP contribution in [-0.2, 0) is 0 Å². The van der Waals surface area contributed by atoms with E-state index in [0.29, 0.717) is 34.8 Å². The molecule has 0 aliphatic rings. The van der Waals surface area contributed by atoms with E-state index in [0.717, 1.165) is 14.5 Å². The van der Waals surface area contributed by atoms with Gasteiger partial charge in [0.15, 0.2) is 11.5 Å². The molecule has 1 heterocycles. The lowest BCUT2D eigenvalue weighted by atomic mass is 10.2. The third-order valence-electron chi connectivity index (χ3n) is 4.24. The fourth-order valence-electron chi connectivity index (χ4n) is 2.85. The van der Waals surface area contributed by atoms with E-state index in [2.05, 4.69) is 41.9 Å². The second-order valence-electron chi connectivity index (χ2n) is 6.61. The van der Waals surface area contributed by atoms with Gasteiger partial charge in [-0.15, -0.1) is 0 Å². The zero-order valence-electron chi connectivity index (χ0n) is 16.6. The van der Waals surface area contributed by atoms with E-state index in [1.807, 2.05) is 45.0 Å². The Morgan fingerprint density at radius 1 is 1.21 bits per heavy atom. The van der Waals surface area contributed by atoms with Crippen molar-refractivity contribution in [1.82, 2.24) is 9.66 Å². The number of halogens is 2. The third-order valence-corrected chi connectivity index (χ3v) is 5.42. The fourth-order valence-corrected chi connectivity index (χ4v) is 3.63. The Morgan fingerprint density at radius 2 is 1.97 bits per heavy atom. The smallest absolute Gasteiger partial charge is 0.282 e. The number of hydrogen-bond donors (Lipinski definition) is 0. The maximum absolute atomic E-state index is 13.1. The summed E-state index contributed by atoms with van der Waals surface area (Å²) in [6.07, 6.45) is 1.62. The fraction of sp³-hybridized carbons (Fsp3) is 0.286. The Kier molecular flexibility index (Phi) is 6.74. The minimum Gasteiger partial charge on any atom is -0.493 e. The molecule has 0 N–H and O–H groups in total. The SMILES string of the molecule is CCOc1cc(C=Nn2c(C(C)C)nc3ccc(Br)cc3c2=O)c(Br)cc1OC. The van der Waals surface area contributed by atoms with Gasteiger partial charge in [-0.05, 0) is 53.2 Å². The number of rotatable bonds is 6. The molecule has 29 heavy (non-hydrogen) atoms. The van der Waals surface area contributed by atoms with Gasteiger partial charge in [0.25, 0.3) is 5.56 Å². The van der Waals surface area contributed by atoms with E-state index in [1.54, 1.807) is 19.4 Å². The first-order chi connectivity index (χ1) is 13.8. The summed E-state index contributed by atoms with van der Waals surface area (Å²) in [4.78, 5) is 17.8. The van der Waals surface area contributed by atoms with E-state index in [9.17, 15) is 4.79 Å². The molecule has 0 spiro atoms. The summed E-state index contributed by atoms with van der Waals surface area (Å²) in [5.41, 5.74) is 1.19. The van der Waals surface area contributed by atoms with Crippen molar-refractivity contribution < 1.29 is 9.47 Å². The van der Waals surface area contributed by atoms with E-state index >= 15 is 0 Å². The molecular formula is C21H21Br2N3O3. The van der Waals surface area contributed by atoms with Crippen molar-refractivity contribution in [1.29, 1.82) is 0 Å². The third kappa shape index (κ3) is 4.53. The summed E-state index contributed by atoms with van der Waals surface area (Å²) in [7, 11) is 1.59. The van der Waals surface area contributed by atoms with Crippen LogP contribution in [-0.4, -0.2) is 29.6 Å². The molecule has 6 nitrogen and oxygen atoms in total. The van der Waals surface area contributed by atoms with E-state index in [4.69, 9.17) is 9.47 Å². The summed E-state index contributed by atoms with van der Waals surface area (Å²) >= 11 is 6.94. The predicted molar refractivity (Wildman–Crippen MR) is 123 cm³/mol. The first-order valence-corrected chi connectivity index (χ1v) is 10.7. The van der Waals surface area contributed by atoms with Crippen LogP contribution < -0.4 is 15.0 Å². The molecule has 0 radical (unpaired) electrons. The highest BCUT2D eigenvalue weighted by molar-refractivity contribution is 9.10. The highest BCUT2D eigenvalue weighted by Crippen LogP contribution is 2.33. The average Bonchev–Trinajstić information content (AvgIpc) is 2.69. The molecule has 3 aromatic rings. The number of ether oxygens (including phenoxy) is 2. The second-order valence-corrected chi connectivity index (χ2v) is 8.38. The van der Waals surface area contributed by atoms with Gasteiger partial charge >= 0.3 is 0 Å². The molecule has 0 bridgehead atoms. The highest BCUT2D eigenvalue weighted by atomic mass is 79.9. The van der Waals surface area contributed by atoms with Crippen molar-refractivity contribution in [2.75, 3.05) is 13.7 Å². The Balaban J connectivity index is 2.15. The normalized spacial score (nSPS) is 11.6. The van der Waals surface area contributed by atoms with Gasteiger partial charge < -0.3 is 9.47 Å². The maximum atomic E-state index is 13.1. The quantitative estimate of drug-likeness (QED) is 0.410. The zero-order chi connectivity index (χ0) is 21.1. The van der Waals surface area contributed by atoms with Gasteiger partial charge in [-0.1, -0.05) is 29.8 Å². The lowest BCUT2D eigenvalue weighted by molar-refractivity contribution is 0.311. The molecule has 0 atom stereocenters. The number of hydrogen-bond acceptors (Lipinski definition) is 5. The topological polar surface area (TPSA) is 65.7 Å². The van der Waals surface area contributed by atoms with Gasteiger partial charge in [-0.25, -0.2) is 4.98 Å². The van der Waals surface area contributed by atoms with Crippen LogP contribution in [0.25, 0.3) is 10.9 Å². The van der Waals surface area contributed by atoms with Crippen LogP contribution >= 0.6 is 31.9 Å². The molecule has 0 saturated heterocycles. The number of fused-ring (bicyclic) bond motifs is 1. The molecule has 0 aliphatic carbocycles. The van der Waals surface area contributed by atoms with Crippen LogP contribution in [0, 0.1) is 0 Å². The van der Waals surface area contributed by atoms with Gasteiger partial charge in [0.2, 0.25) is 0 Å². The molecule has 0 fully saturated rings. The van der Waals surface area contributed by atoms with Gasteiger partial charge in [-0.2, -0.15) is 9.78 Å². The summed E-state index contributed by atoms with van der Waals surface area (Å²) in [5, 5.41) is 4.97.